The zero-order valence-corrected chi connectivity index (χ0v) is 14.4. The van der Waals surface area contributed by atoms with Crippen LogP contribution < -0.4 is 0 Å². The zero-order chi connectivity index (χ0) is 15.7. The lowest BCUT2D eigenvalue weighted by molar-refractivity contribution is 0.346. The van der Waals surface area contributed by atoms with Gasteiger partial charge in [-0.1, -0.05) is 65.7 Å². The summed E-state index contributed by atoms with van der Waals surface area (Å²) in [5.74, 6) is 2.67. The van der Waals surface area contributed by atoms with E-state index in [1.807, 2.05) is 11.7 Å². The number of aromatic nitrogens is 2. The Labute approximate surface area is 131 Å². The molecule has 0 saturated heterocycles. The lowest BCUT2D eigenvalue weighted by atomic mass is 9.77. The average molecular weight is 288 g/mol. The summed E-state index contributed by atoms with van der Waals surface area (Å²) < 4.78 is 2.00. The Morgan fingerprint density at radius 2 is 1.71 bits per heavy atom. The Kier molecular flexibility index (Phi) is 7.57. The molecule has 0 fully saturated rings. The maximum absolute atomic E-state index is 5.50. The van der Waals surface area contributed by atoms with E-state index in [1.165, 1.54) is 63.5 Å². The van der Waals surface area contributed by atoms with Crippen LogP contribution in [0.15, 0.2) is 6.07 Å². The highest BCUT2D eigenvalue weighted by molar-refractivity contribution is 5.29. The van der Waals surface area contributed by atoms with E-state index in [4.69, 9.17) is 6.42 Å². The van der Waals surface area contributed by atoms with Crippen LogP contribution in [0.5, 0.6) is 0 Å². The molecule has 0 aromatic carbocycles. The first-order valence-corrected chi connectivity index (χ1v) is 8.58. The molecule has 0 aliphatic carbocycles. The van der Waals surface area contributed by atoms with Gasteiger partial charge in [-0.05, 0) is 24.8 Å². The van der Waals surface area contributed by atoms with Crippen molar-refractivity contribution in [1.29, 1.82) is 0 Å². The third kappa shape index (κ3) is 5.23. The van der Waals surface area contributed by atoms with Crippen molar-refractivity contribution in [3.63, 3.8) is 0 Å². The third-order valence-electron chi connectivity index (χ3n) is 4.56. The van der Waals surface area contributed by atoms with Crippen molar-refractivity contribution >= 4 is 0 Å². The minimum absolute atomic E-state index is 0.207. The first-order chi connectivity index (χ1) is 10.1. The van der Waals surface area contributed by atoms with Crippen LogP contribution in [0, 0.1) is 12.3 Å². The fraction of sp³-hybridized carbons (Fsp3) is 0.737. The predicted molar refractivity (Wildman–Crippen MR) is 91.4 cm³/mol. The molecule has 0 spiro atoms. The molecular weight excluding hydrogens is 256 g/mol. The first kappa shape index (κ1) is 17.8. The SMILES string of the molecule is C#Cc1cc(C(C)(CCCC)CCCCCCC)n(C)n1. The molecule has 21 heavy (non-hydrogen) atoms. The minimum atomic E-state index is 0.207. The van der Waals surface area contributed by atoms with E-state index in [9.17, 15) is 0 Å². The van der Waals surface area contributed by atoms with Gasteiger partial charge < -0.3 is 0 Å². The van der Waals surface area contributed by atoms with Crippen molar-refractivity contribution in [3.05, 3.63) is 17.5 Å². The van der Waals surface area contributed by atoms with Gasteiger partial charge in [0.25, 0.3) is 0 Å². The molecule has 2 nitrogen and oxygen atoms in total. The lowest BCUT2D eigenvalue weighted by Gasteiger charge is -2.30. The molecule has 118 valence electrons. The van der Waals surface area contributed by atoms with Crippen molar-refractivity contribution in [2.45, 2.75) is 84.0 Å². The molecule has 1 heterocycles. The largest absolute Gasteiger partial charge is 0.271 e. The predicted octanol–water partition coefficient (Wildman–Crippen LogP) is 5.21. The number of nitrogens with zero attached hydrogens (tertiary/aromatic N) is 2. The number of aryl methyl sites for hydroxylation is 1. The molecule has 1 atom stereocenters. The Bertz CT molecular complexity index is 453. The van der Waals surface area contributed by atoms with Gasteiger partial charge in [-0.2, -0.15) is 5.10 Å². The van der Waals surface area contributed by atoms with Gasteiger partial charge in [-0.15, -0.1) is 6.42 Å². The summed E-state index contributed by atoms with van der Waals surface area (Å²) in [6, 6.07) is 2.11. The number of terminal acetylenes is 1. The molecule has 0 aliphatic rings. The number of hydrogen-bond acceptors (Lipinski definition) is 1. The highest BCUT2D eigenvalue weighted by Gasteiger charge is 2.29. The van der Waals surface area contributed by atoms with E-state index in [-0.39, 0.29) is 5.41 Å². The van der Waals surface area contributed by atoms with Crippen LogP contribution >= 0.6 is 0 Å². The van der Waals surface area contributed by atoms with Crippen LogP contribution in [0.25, 0.3) is 0 Å². The van der Waals surface area contributed by atoms with Gasteiger partial charge >= 0.3 is 0 Å². The molecule has 0 N–H and O–H groups in total. The molecule has 1 unspecified atom stereocenters. The van der Waals surface area contributed by atoms with Crippen LogP contribution in [0.2, 0.25) is 0 Å². The summed E-state index contributed by atoms with van der Waals surface area (Å²) in [4.78, 5) is 0. The van der Waals surface area contributed by atoms with Gasteiger partial charge in [0.15, 0.2) is 0 Å². The minimum Gasteiger partial charge on any atom is -0.271 e. The smallest absolute Gasteiger partial charge is 0.135 e. The third-order valence-corrected chi connectivity index (χ3v) is 4.56. The van der Waals surface area contributed by atoms with Crippen molar-refractivity contribution in [2.75, 3.05) is 0 Å². The van der Waals surface area contributed by atoms with Gasteiger partial charge in [0.2, 0.25) is 0 Å². The second-order valence-corrected chi connectivity index (χ2v) is 6.51. The van der Waals surface area contributed by atoms with Crippen molar-refractivity contribution in [2.24, 2.45) is 7.05 Å². The lowest BCUT2D eigenvalue weighted by Crippen LogP contribution is -2.25. The van der Waals surface area contributed by atoms with Gasteiger partial charge in [0.05, 0.1) is 0 Å². The quantitative estimate of drug-likeness (QED) is 0.427. The van der Waals surface area contributed by atoms with E-state index >= 15 is 0 Å². The number of hydrogen-bond donors (Lipinski definition) is 0. The van der Waals surface area contributed by atoms with E-state index in [1.54, 1.807) is 0 Å². The van der Waals surface area contributed by atoms with Gasteiger partial charge in [0.1, 0.15) is 5.69 Å². The average Bonchev–Trinajstić information content (AvgIpc) is 2.87. The van der Waals surface area contributed by atoms with E-state index in [0.717, 1.165) is 5.69 Å². The highest BCUT2D eigenvalue weighted by atomic mass is 15.3. The Morgan fingerprint density at radius 3 is 2.29 bits per heavy atom. The normalized spacial score (nSPS) is 13.9. The van der Waals surface area contributed by atoms with Gasteiger partial charge in [0, 0.05) is 18.2 Å². The fourth-order valence-corrected chi connectivity index (χ4v) is 3.17. The van der Waals surface area contributed by atoms with Crippen LogP contribution in [0.1, 0.15) is 89.9 Å². The molecule has 2 heteroatoms. The summed E-state index contributed by atoms with van der Waals surface area (Å²) in [6.45, 7) is 6.92. The summed E-state index contributed by atoms with van der Waals surface area (Å²) >= 11 is 0. The summed E-state index contributed by atoms with van der Waals surface area (Å²) in [7, 11) is 2.03. The number of rotatable bonds is 10. The Hall–Kier alpha value is -1.23. The first-order valence-electron chi connectivity index (χ1n) is 8.58. The summed E-state index contributed by atoms with van der Waals surface area (Å²) in [5.41, 5.74) is 2.28. The second-order valence-electron chi connectivity index (χ2n) is 6.51. The standard InChI is InChI=1S/C19H32N2/c1-6-9-11-12-13-15-19(4,14-10-7-2)18-16-17(8-3)20-21(18)5/h3,16H,6-7,9-15H2,1-2,4-5H3. The molecule has 0 bridgehead atoms. The van der Waals surface area contributed by atoms with Crippen LogP contribution in [0.4, 0.5) is 0 Å². The van der Waals surface area contributed by atoms with Crippen LogP contribution in [-0.2, 0) is 12.5 Å². The Morgan fingerprint density at radius 1 is 1.10 bits per heavy atom. The second kappa shape index (κ2) is 8.93. The van der Waals surface area contributed by atoms with E-state index < -0.39 is 0 Å². The Balaban J connectivity index is 2.77. The van der Waals surface area contributed by atoms with Gasteiger partial charge in [-0.3, -0.25) is 4.68 Å². The maximum atomic E-state index is 5.50. The van der Waals surface area contributed by atoms with Gasteiger partial charge in [-0.25, -0.2) is 0 Å². The molecule has 1 aromatic rings. The molecule has 0 amide bonds. The highest BCUT2D eigenvalue weighted by Crippen LogP contribution is 2.35. The fourth-order valence-electron chi connectivity index (χ4n) is 3.17. The topological polar surface area (TPSA) is 17.8 Å². The summed E-state index contributed by atoms with van der Waals surface area (Å²) in [5, 5.41) is 4.44. The molecule has 0 saturated carbocycles. The summed E-state index contributed by atoms with van der Waals surface area (Å²) in [6.07, 6.45) is 17.1. The zero-order valence-electron chi connectivity index (χ0n) is 14.4. The molecule has 0 radical (unpaired) electrons. The molecular formula is C19H32N2. The van der Waals surface area contributed by atoms with E-state index in [0.29, 0.717) is 0 Å². The molecule has 1 aromatic heterocycles. The molecule has 0 aliphatic heterocycles. The van der Waals surface area contributed by atoms with Crippen molar-refractivity contribution < 1.29 is 0 Å². The monoisotopic (exact) mass is 288 g/mol. The van der Waals surface area contributed by atoms with Crippen LogP contribution in [-0.4, -0.2) is 9.78 Å². The number of unbranched alkanes of at least 4 members (excludes halogenated alkanes) is 5. The molecule has 1 rings (SSSR count). The van der Waals surface area contributed by atoms with Crippen LogP contribution in [0.3, 0.4) is 0 Å². The van der Waals surface area contributed by atoms with Crippen molar-refractivity contribution in [1.82, 2.24) is 9.78 Å². The van der Waals surface area contributed by atoms with Crippen molar-refractivity contribution in [3.8, 4) is 12.3 Å². The maximum Gasteiger partial charge on any atom is 0.135 e. The van der Waals surface area contributed by atoms with E-state index in [2.05, 4.69) is 37.9 Å².